The maximum absolute atomic E-state index is 11.8. The Morgan fingerprint density at radius 2 is 2.30 bits per heavy atom. The minimum absolute atomic E-state index is 0.107. The molecule has 0 aliphatic heterocycles. The first-order valence-corrected chi connectivity index (χ1v) is 6.63. The SMILES string of the molecule is COC(=O)Cn1nnnc1SCC(=O)N(C)CCC#N. The molecule has 0 aliphatic carbocycles. The van der Waals surface area contributed by atoms with Gasteiger partial charge in [-0.15, -0.1) is 5.10 Å². The summed E-state index contributed by atoms with van der Waals surface area (Å²) in [5, 5.41) is 19.6. The van der Waals surface area contributed by atoms with Gasteiger partial charge in [-0.2, -0.15) is 5.26 Å². The number of thioether (sulfide) groups is 1. The van der Waals surface area contributed by atoms with E-state index >= 15 is 0 Å². The summed E-state index contributed by atoms with van der Waals surface area (Å²) in [7, 11) is 2.89. The monoisotopic (exact) mass is 298 g/mol. The summed E-state index contributed by atoms with van der Waals surface area (Å²) in [5.74, 6) is -0.488. The number of carbonyl (C=O) groups is 2. The van der Waals surface area contributed by atoms with Gasteiger partial charge >= 0.3 is 5.97 Å². The minimum atomic E-state index is -0.475. The highest BCUT2D eigenvalue weighted by Crippen LogP contribution is 2.14. The van der Waals surface area contributed by atoms with Crippen molar-refractivity contribution in [2.45, 2.75) is 18.1 Å². The van der Waals surface area contributed by atoms with Gasteiger partial charge in [-0.1, -0.05) is 11.8 Å². The normalized spacial score (nSPS) is 9.85. The summed E-state index contributed by atoms with van der Waals surface area (Å²) in [6, 6.07) is 1.97. The summed E-state index contributed by atoms with van der Waals surface area (Å²) in [6.45, 7) is 0.271. The molecule has 1 aromatic heterocycles. The molecular weight excluding hydrogens is 284 g/mol. The number of hydrogen-bond acceptors (Lipinski definition) is 8. The zero-order valence-electron chi connectivity index (χ0n) is 11.1. The molecule has 0 unspecified atom stereocenters. The van der Waals surface area contributed by atoms with Gasteiger partial charge in [0.05, 0.1) is 25.4 Å². The molecule has 0 atom stereocenters. The molecule has 0 N–H and O–H groups in total. The number of carbonyl (C=O) groups excluding carboxylic acids is 2. The van der Waals surface area contributed by atoms with Gasteiger partial charge in [0.25, 0.3) is 0 Å². The Hall–Kier alpha value is -2.15. The molecule has 0 saturated carbocycles. The lowest BCUT2D eigenvalue weighted by molar-refractivity contribution is -0.141. The van der Waals surface area contributed by atoms with Crippen LogP contribution in [0.5, 0.6) is 0 Å². The van der Waals surface area contributed by atoms with Crippen LogP contribution >= 0.6 is 11.8 Å². The van der Waals surface area contributed by atoms with Crippen molar-refractivity contribution in [1.82, 2.24) is 25.1 Å². The second-order valence-corrected chi connectivity index (χ2v) is 4.65. The molecule has 1 aromatic rings. The Balaban J connectivity index is 2.50. The van der Waals surface area contributed by atoms with Gasteiger partial charge in [-0.05, 0) is 10.4 Å². The van der Waals surface area contributed by atoms with Crippen LogP contribution in [-0.2, 0) is 20.9 Å². The number of esters is 1. The van der Waals surface area contributed by atoms with E-state index in [1.54, 1.807) is 7.05 Å². The molecule has 0 bridgehead atoms. The van der Waals surface area contributed by atoms with E-state index in [0.29, 0.717) is 11.7 Å². The fraction of sp³-hybridized carbons (Fsp3) is 0.600. The Labute approximate surface area is 119 Å². The van der Waals surface area contributed by atoms with Gasteiger partial charge in [-0.25, -0.2) is 4.68 Å². The molecule has 10 heteroatoms. The fourth-order valence-electron chi connectivity index (χ4n) is 1.16. The zero-order chi connectivity index (χ0) is 15.0. The van der Waals surface area contributed by atoms with Crippen molar-refractivity contribution in [3.63, 3.8) is 0 Å². The van der Waals surface area contributed by atoms with Crippen LogP contribution < -0.4 is 0 Å². The molecule has 0 spiro atoms. The van der Waals surface area contributed by atoms with Crippen LogP contribution in [0.3, 0.4) is 0 Å². The topological polar surface area (TPSA) is 114 Å². The number of tetrazole rings is 1. The molecule has 0 aliphatic rings. The number of aromatic nitrogens is 4. The zero-order valence-corrected chi connectivity index (χ0v) is 12.0. The van der Waals surface area contributed by atoms with Gasteiger partial charge in [-0.3, -0.25) is 9.59 Å². The number of rotatable bonds is 7. The van der Waals surface area contributed by atoms with Crippen molar-refractivity contribution in [2.24, 2.45) is 0 Å². The lowest BCUT2D eigenvalue weighted by atomic mass is 10.4. The number of amides is 1. The predicted molar refractivity (Wildman–Crippen MR) is 68.4 cm³/mol. The fourth-order valence-corrected chi connectivity index (χ4v) is 1.98. The molecule has 0 saturated heterocycles. The summed E-state index contributed by atoms with van der Waals surface area (Å²) in [6.07, 6.45) is 0.285. The van der Waals surface area contributed by atoms with Gasteiger partial charge in [0.1, 0.15) is 6.54 Å². The standard InChI is InChI=1S/C10H14N6O3S/c1-15(5-3-4-11)8(17)7-20-10-12-13-14-16(10)6-9(18)19-2/h3,5-7H2,1-2H3. The summed E-state index contributed by atoms with van der Waals surface area (Å²) in [4.78, 5) is 24.4. The van der Waals surface area contributed by atoms with Crippen molar-refractivity contribution >= 4 is 23.6 Å². The Kier molecular flexibility index (Phi) is 6.45. The van der Waals surface area contributed by atoms with Crippen LogP contribution in [0, 0.1) is 11.3 Å². The number of hydrogen-bond donors (Lipinski definition) is 0. The number of ether oxygens (including phenoxy) is 1. The van der Waals surface area contributed by atoms with E-state index in [1.165, 1.54) is 16.7 Å². The largest absolute Gasteiger partial charge is 0.468 e. The first kappa shape index (κ1) is 15.9. The number of nitriles is 1. The molecule has 1 rings (SSSR count). The summed E-state index contributed by atoms with van der Waals surface area (Å²) in [5.41, 5.74) is 0. The molecule has 0 radical (unpaired) electrons. The van der Waals surface area contributed by atoms with Crippen LogP contribution in [0.4, 0.5) is 0 Å². The van der Waals surface area contributed by atoms with Crippen molar-refractivity contribution in [1.29, 1.82) is 5.26 Å². The van der Waals surface area contributed by atoms with Crippen LogP contribution in [0.1, 0.15) is 6.42 Å². The van der Waals surface area contributed by atoms with Gasteiger partial charge in [0.2, 0.25) is 11.1 Å². The average Bonchev–Trinajstić information content (AvgIpc) is 2.88. The van der Waals surface area contributed by atoms with Crippen molar-refractivity contribution in [2.75, 3.05) is 26.5 Å². The first-order chi connectivity index (χ1) is 9.58. The Morgan fingerprint density at radius 3 is 2.95 bits per heavy atom. The average molecular weight is 298 g/mol. The maximum atomic E-state index is 11.8. The van der Waals surface area contributed by atoms with Gasteiger partial charge in [0, 0.05) is 13.6 Å². The van der Waals surface area contributed by atoms with Crippen LogP contribution in [-0.4, -0.2) is 63.4 Å². The van der Waals surface area contributed by atoms with E-state index < -0.39 is 5.97 Å². The molecule has 20 heavy (non-hydrogen) atoms. The Bertz CT molecular complexity index is 511. The van der Waals surface area contributed by atoms with Gasteiger partial charge < -0.3 is 9.64 Å². The predicted octanol–water partition coefficient (Wildman–Crippen LogP) is -0.690. The van der Waals surface area contributed by atoms with Crippen LogP contribution in [0.15, 0.2) is 5.16 Å². The third-order valence-electron chi connectivity index (χ3n) is 2.32. The minimum Gasteiger partial charge on any atom is -0.468 e. The molecule has 1 heterocycles. The molecule has 108 valence electrons. The number of methoxy groups -OCH3 is 1. The molecule has 0 aromatic carbocycles. The highest BCUT2D eigenvalue weighted by atomic mass is 32.2. The lowest BCUT2D eigenvalue weighted by Gasteiger charge is -2.14. The molecule has 9 nitrogen and oxygen atoms in total. The summed E-state index contributed by atoms with van der Waals surface area (Å²) >= 11 is 1.12. The van der Waals surface area contributed by atoms with Crippen molar-refractivity contribution in [3.05, 3.63) is 0 Å². The molecule has 1 amide bonds. The van der Waals surface area contributed by atoms with Crippen molar-refractivity contribution in [3.8, 4) is 6.07 Å². The third kappa shape index (κ3) is 4.85. The van der Waals surface area contributed by atoms with Crippen LogP contribution in [0.2, 0.25) is 0 Å². The highest BCUT2D eigenvalue weighted by molar-refractivity contribution is 7.99. The van der Waals surface area contributed by atoms with E-state index in [4.69, 9.17) is 5.26 Å². The quantitative estimate of drug-likeness (QED) is 0.480. The highest BCUT2D eigenvalue weighted by Gasteiger charge is 2.14. The second kappa shape index (κ2) is 8.11. The van der Waals surface area contributed by atoms with Crippen molar-refractivity contribution < 1.29 is 14.3 Å². The van der Waals surface area contributed by atoms with E-state index in [0.717, 1.165) is 11.8 Å². The van der Waals surface area contributed by atoms with E-state index in [1.807, 2.05) is 6.07 Å². The first-order valence-electron chi connectivity index (χ1n) is 5.65. The Morgan fingerprint density at radius 1 is 1.55 bits per heavy atom. The summed E-state index contributed by atoms with van der Waals surface area (Å²) < 4.78 is 5.78. The second-order valence-electron chi connectivity index (χ2n) is 3.71. The van der Waals surface area contributed by atoms with Crippen LogP contribution in [0.25, 0.3) is 0 Å². The van der Waals surface area contributed by atoms with E-state index in [2.05, 4.69) is 20.3 Å². The van der Waals surface area contributed by atoms with E-state index in [9.17, 15) is 9.59 Å². The number of nitrogens with zero attached hydrogens (tertiary/aromatic N) is 6. The molecule has 0 fully saturated rings. The lowest BCUT2D eigenvalue weighted by Crippen LogP contribution is -2.29. The molecular formula is C10H14N6O3S. The van der Waals surface area contributed by atoms with E-state index in [-0.39, 0.29) is 24.6 Å². The smallest absolute Gasteiger partial charge is 0.327 e. The van der Waals surface area contributed by atoms with Gasteiger partial charge in [0.15, 0.2) is 0 Å². The third-order valence-corrected chi connectivity index (χ3v) is 3.26. The maximum Gasteiger partial charge on any atom is 0.327 e.